The molecule has 148 valence electrons. The molecule has 0 aliphatic heterocycles. The third kappa shape index (κ3) is 4.62. The lowest BCUT2D eigenvalue weighted by molar-refractivity contribution is 0.0756. The highest BCUT2D eigenvalue weighted by Gasteiger charge is 2.39. The van der Waals surface area contributed by atoms with Gasteiger partial charge in [0.15, 0.2) is 5.82 Å². The van der Waals surface area contributed by atoms with E-state index < -0.39 is 0 Å². The summed E-state index contributed by atoms with van der Waals surface area (Å²) in [5.74, 6) is 2.41. The van der Waals surface area contributed by atoms with Gasteiger partial charge < -0.3 is 11.1 Å². The summed E-state index contributed by atoms with van der Waals surface area (Å²) in [6.45, 7) is 1.86. The maximum atomic E-state index is 12.8. The molecule has 2 bridgehead atoms. The van der Waals surface area contributed by atoms with Crippen LogP contribution in [0.25, 0.3) is 11.4 Å². The first-order valence-electron chi connectivity index (χ1n) is 9.16. The van der Waals surface area contributed by atoms with E-state index in [0.717, 1.165) is 24.2 Å². The first-order valence-corrected chi connectivity index (χ1v) is 9.16. The number of amides is 1. The molecule has 8 heteroatoms. The van der Waals surface area contributed by atoms with Gasteiger partial charge in [0.25, 0.3) is 5.91 Å². The molecule has 2 aromatic rings. The number of aromatic amines is 1. The standard InChI is InChI=1S/C19H25N5O.2ClH/c1-11-21-18(24-23-11)14-6-3-7-15(8-14)19(25)22-17-12-4-2-5-13(17)10-16(20)9-12;;/h3,6-8,12-13,16-17H,2,4-5,9-10,20H2,1H3,(H,22,25)(H,21,23,24);2*1H. The molecule has 2 aliphatic carbocycles. The number of hydrogen-bond acceptors (Lipinski definition) is 4. The van der Waals surface area contributed by atoms with E-state index in [1.807, 2.05) is 31.2 Å². The molecular weight excluding hydrogens is 385 g/mol. The normalized spacial score (nSPS) is 26.4. The maximum absolute atomic E-state index is 12.8. The molecule has 2 aliphatic rings. The Morgan fingerprint density at radius 3 is 2.56 bits per heavy atom. The van der Waals surface area contributed by atoms with Crippen molar-refractivity contribution in [3.8, 4) is 11.4 Å². The highest BCUT2D eigenvalue weighted by Crippen LogP contribution is 2.39. The van der Waals surface area contributed by atoms with Gasteiger partial charge in [-0.3, -0.25) is 9.89 Å². The highest BCUT2D eigenvalue weighted by atomic mass is 35.5. The second kappa shape index (κ2) is 9.04. The van der Waals surface area contributed by atoms with Crippen molar-refractivity contribution in [2.45, 2.75) is 51.1 Å². The number of carbonyl (C=O) groups is 1. The van der Waals surface area contributed by atoms with Crippen LogP contribution in [0.2, 0.25) is 0 Å². The molecule has 27 heavy (non-hydrogen) atoms. The van der Waals surface area contributed by atoms with Gasteiger partial charge in [0.05, 0.1) is 0 Å². The topological polar surface area (TPSA) is 96.7 Å². The van der Waals surface area contributed by atoms with Crippen molar-refractivity contribution >= 4 is 30.7 Å². The van der Waals surface area contributed by atoms with Gasteiger partial charge in [0.1, 0.15) is 5.82 Å². The molecule has 2 fully saturated rings. The molecule has 2 atom stereocenters. The van der Waals surface area contributed by atoms with Crippen LogP contribution in [0.4, 0.5) is 0 Å². The van der Waals surface area contributed by atoms with Crippen molar-refractivity contribution in [1.29, 1.82) is 0 Å². The fourth-order valence-corrected chi connectivity index (χ4v) is 4.53. The second-order valence-electron chi connectivity index (χ2n) is 7.51. The van der Waals surface area contributed by atoms with Crippen molar-refractivity contribution in [3.05, 3.63) is 35.7 Å². The molecule has 4 rings (SSSR count). The largest absolute Gasteiger partial charge is 0.349 e. The van der Waals surface area contributed by atoms with Crippen molar-refractivity contribution in [3.63, 3.8) is 0 Å². The van der Waals surface area contributed by atoms with E-state index in [4.69, 9.17) is 5.73 Å². The van der Waals surface area contributed by atoms with Gasteiger partial charge in [-0.05, 0) is 56.6 Å². The molecule has 0 radical (unpaired) electrons. The lowest BCUT2D eigenvalue weighted by Gasteiger charge is -2.45. The maximum Gasteiger partial charge on any atom is 0.251 e. The summed E-state index contributed by atoms with van der Waals surface area (Å²) in [5.41, 5.74) is 7.70. The Morgan fingerprint density at radius 2 is 1.93 bits per heavy atom. The Kier molecular flexibility index (Phi) is 7.25. The Hall–Kier alpha value is -1.63. The number of nitrogens with zero attached hydrogens (tertiary/aromatic N) is 2. The van der Waals surface area contributed by atoms with E-state index in [-0.39, 0.29) is 36.8 Å². The van der Waals surface area contributed by atoms with E-state index in [9.17, 15) is 4.79 Å². The number of carbonyl (C=O) groups excluding carboxylic acids is 1. The fraction of sp³-hybridized carbons (Fsp3) is 0.526. The number of halogens is 2. The van der Waals surface area contributed by atoms with Crippen molar-refractivity contribution in [2.75, 3.05) is 0 Å². The smallest absolute Gasteiger partial charge is 0.251 e. The van der Waals surface area contributed by atoms with Gasteiger partial charge in [0, 0.05) is 23.2 Å². The third-order valence-electron chi connectivity index (χ3n) is 5.65. The van der Waals surface area contributed by atoms with Crippen LogP contribution in [-0.2, 0) is 0 Å². The molecule has 6 nitrogen and oxygen atoms in total. The number of hydrogen-bond donors (Lipinski definition) is 3. The lowest BCUT2D eigenvalue weighted by Crippen LogP contribution is -2.53. The number of aromatic nitrogens is 3. The van der Waals surface area contributed by atoms with E-state index in [1.165, 1.54) is 19.3 Å². The summed E-state index contributed by atoms with van der Waals surface area (Å²) in [4.78, 5) is 17.2. The fourth-order valence-electron chi connectivity index (χ4n) is 4.53. The molecule has 1 aromatic carbocycles. The summed E-state index contributed by atoms with van der Waals surface area (Å²) in [6, 6.07) is 8.07. The zero-order valence-corrected chi connectivity index (χ0v) is 17.0. The van der Waals surface area contributed by atoms with Crippen LogP contribution >= 0.6 is 24.8 Å². The first-order chi connectivity index (χ1) is 12.1. The molecule has 1 heterocycles. The Bertz CT molecular complexity index is 767. The van der Waals surface area contributed by atoms with Gasteiger partial charge >= 0.3 is 0 Å². The Balaban J connectivity index is 0.00000131. The number of nitrogens with one attached hydrogen (secondary N) is 2. The van der Waals surface area contributed by atoms with Gasteiger partial charge in [0.2, 0.25) is 0 Å². The number of rotatable bonds is 3. The van der Waals surface area contributed by atoms with Crippen molar-refractivity contribution in [1.82, 2.24) is 20.5 Å². The summed E-state index contributed by atoms with van der Waals surface area (Å²) < 4.78 is 0. The summed E-state index contributed by atoms with van der Waals surface area (Å²) in [7, 11) is 0. The van der Waals surface area contributed by atoms with Gasteiger partial charge in [-0.2, -0.15) is 5.10 Å². The minimum atomic E-state index is -0.00789. The average Bonchev–Trinajstić information content (AvgIpc) is 3.02. The monoisotopic (exact) mass is 411 g/mol. The van der Waals surface area contributed by atoms with Crippen LogP contribution in [0.15, 0.2) is 24.3 Å². The lowest BCUT2D eigenvalue weighted by atomic mass is 9.67. The van der Waals surface area contributed by atoms with Crippen molar-refractivity contribution in [2.24, 2.45) is 17.6 Å². The van der Waals surface area contributed by atoms with Gasteiger partial charge in [-0.15, -0.1) is 24.8 Å². The molecule has 2 saturated carbocycles. The van der Waals surface area contributed by atoms with E-state index >= 15 is 0 Å². The number of nitrogens with two attached hydrogens (primary N) is 1. The molecule has 0 saturated heterocycles. The van der Waals surface area contributed by atoms with E-state index in [2.05, 4.69) is 20.5 Å². The minimum Gasteiger partial charge on any atom is -0.349 e. The van der Waals surface area contributed by atoms with Gasteiger partial charge in [-0.1, -0.05) is 18.6 Å². The van der Waals surface area contributed by atoms with Crippen molar-refractivity contribution < 1.29 is 4.79 Å². The SMILES string of the molecule is Cc1nc(-c2cccc(C(=O)NC3C4CCCC3CC(N)C4)c2)n[nH]1.Cl.Cl. The van der Waals surface area contributed by atoms with Gasteiger partial charge in [-0.25, -0.2) is 4.98 Å². The molecule has 1 aromatic heterocycles. The summed E-state index contributed by atoms with van der Waals surface area (Å²) in [5, 5.41) is 10.3. The Labute approximate surface area is 171 Å². The molecular formula is C19H27Cl2N5O. The third-order valence-corrected chi connectivity index (χ3v) is 5.65. The van der Waals surface area contributed by atoms with E-state index in [0.29, 0.717) is 29.3 Å². The molecule has 0 spiro atoms. The van der Waals surface area contributed by atoms with E-state index in [1.54, 1.807) is 0 Å². The molecule has 1 amide bonds. The first kappa shape index (κ1) is 21.7. The number of H-pyrrole nitrogens is 1. The zero-order chi connectivity index (χ0) is 17.4. The average molecular weight is 412 g/mol. The predicted molar refractivity (Wildman–Crippen MR) is 110 cm³/mol. The van der Waals surface area contributed by atoms with Crippen LogP contribution in [0.1, 0.15) is 48.3 Å². The summed E-state index contributed by atoms with van der Waals surface area (Å²) >= 11 is 0. The van der Waals surface area contributed by atoms with Crippen LogP contribution in [-0.4, -0.2) is 33.2 Å². The van der Waals surface area contributed by atoms with Crippen LogP contribution < -0.4 is 11.1 Å². The molecule has 4 N–H and O–H groups in total. The number of benzene rings is 1. The highest BCUT2D eigenvalue weighted by molar-refractivity contribution is 5.95. The number of aryl methyl sites for hydroxylation is 1. The summed E-state index contributed by atoms with van der Waals surface area (Å²) in [6.07, 6.45) is 5.65. The minimum absolute atomic E-state index is 0. The Morgan fingerprint density at radius 1 is 1.22 bits per heavy atom. The number of fused-ring (bicyclic) bond motifs is 2. The second-order valence-corrected chi connectivity index (χ2v) is 7.51. The van der Waals surface area contributed by atoms with Crippen LogP contribution in [0, 0.1) is 18.8 Å². The zero-order valence-electron chi connectivity index (χ0n) is 15.4. The predicted octanol–water partition coefficient (Wildman–Crippen LogP) is 3.26. The van der Waals surface area contributed by atoms with Crippen LogP contribution in [0.3, 0.4) is 0 Å². The van der Waals surface area contributed by atoms with Crippen LogP contribution in [0.5, 0.6) is 0 Å². The quantitative estimate of drug-likeness (QED) is 0.721. The molecule has 2 unspecified atom stereocenters.